The standard InChI is InChI=1S/C19H12BrF2NOS/c20-15-7-11(3-6-16(15)22)13-8-17(24)23-18-14(9-25-19(13)18)10-1-4-12(21)5-2-10/h1-7,9,13H,8H2,(H,23,24)/t13-/m0/s1. The van der Waals surface area contributed by atoms with E-state index < -0.39 is 0 Å². The van der Waals surface area contributed by atoms with E-state index in [2.05, 4.69) is 21.2 Å². The van der Waals surface area contributed by atoms with Crippen molar-refractivity contribution in [3.8, 4) is 11.1 Å². The molecule has 3 aromatic rings. The molecular weight excluding hydrogens is 408 g/mol. The lowest BCUT2D eigenvalue weighted by Crippen LogP contribution is -2.22. The Bertz CT molecular complexity index is 968. The molecule has 1 N–H and O–H groups in total. The smallest absolute Gasteiger partial charge is 0.225 e. The number of carbonyl (C=O) groups excluding carboxylic acids is 1. The predicted molar refractivity (Wildman–Crippen MR) is 98.9 cm³/mol. The summed E-state index contributed by atoms with van der Waals surface area (Å²) in [5.74, 6) is -0.840. The van der Waals surface area contributed by atoms with Crippen LogP contribution in [0, 0.1) is 11.6 Å². The number of hydrogen-bond donors (Lipinski definition) is 1. The van der Waals surface area contributed by atoms with Crippen LogP contribution in [0.5, 0.6) is 0 Å². The second kappa shape index (κ2) is 6.35. The van der Waals surface area contributed by atoms with Gasteiger partial charge < -0.3 is 5.32 Å². The minimum Gasteiger partial charge on any atom is -0.325 e. The molecule has 2 aromatic carbocycles. The average molecular weight is 420 g/mol. The summed E-state index contributed by atoms with van der Waals surface area (Å²) in [6, 6.07) is 11.0. The number of amides is 1. The van der Waals surface area contributed by atoms with Crippen molar-refractivity contribution in [2.45, 2.75) is 12.3 Å². The molecule has 1 aliphatic heterocycles. The Kier molecular flexibility index (Phi) is 4.17. The number of anilines is 1. The van der Waals surface area contributed by atoms with Crippen LogP contribution in [-0.4, -0.2) is 5.91 Å². The van der Waals surface area contributed by atoms with Crippen LogP contribution in [0.2, 0.25) is 0 Å². The topological polar surface area (TPSA) is 29.1 Å². The third kappa shape index (κ3) is 3.00. The van der Waals surface area contributed by atoms with E-state index in [4.69, 9.17) is 0 Å². The van der Waals surface area contributed by atoms with Crippen molar-refractivity contribution in [1.82, 2.24) is 0 Å². The van der Waals surface area contributed by atoms with E-state index in [1.165, 1.54) is 18.2 Å². The third-order valence-electron chi connectivity index (χ3n) is 4.29. The minimum absolute atomic E-state index is 0.0836. The van der Waals surface area contributed by atoms with E-state index in [0.29, 0.717) is 10.9 Å². The molecule has 1 aliphatic rings. The van der Waals surface area contributed by atoms with Crippen molar-refractivity contribution in [2.24, 2.45) is 0 Å². The van der Waals surface area contributed by atoms with E-state index in [1.54, 1.807) is 35.6 Å². The van der Waals surface area contributed by atoms with Gasteiger partial charge in [-0.1, -0.05) is 18.2 Å². The molecule has 0 saturated heterocycles. The van der Waals surface area contributed by atoms with E-state index in [0.717, 1.165) is 27.3 Å². The van der Waals surface area contributed by atoms with Gasteiger partial charge in [0.1, 0.15) is 11.6 Å². The van der Waals surface area contributed by atoms with Crippen molar-refractivity contribution in [3.63, 3.8) is 0 Å². The van der Waals surface area contributed by atoms with Crippen molar-refractivity contribution in [3.05, 3.63) is 74.4 Å². The number of rotatable bonds is 2. The minimum atomic E-state index is -0.331. The van der Waals surface area contributed by atoms with Crippen LogP contribution in [0.1, 0.15) is 22.8 Å². The second-order valence-electron chi connectivity index (χ2n) is 5.87. The number of benzene rings is 2. The molecular formula is C19H12BrF2NOS. The van der Waals surface area contributed by atoms with E-state index in [1.807, 2.05) is 5.38 Å². The largest absolute Gasteiger partial charge is 0.325 e. The molecule has 0 saturated carbocycles. The van der Waals surface area contributed by atoms with E-state index >= 15 is 0 Å². The van der Waals surface area contributed by atoms with E-state index in [-0.39, 0.29) is 23.5 Å². The number of hydrogen-bond acceptors (Lipinski definition) is 2. The van der Waals surface area contributed by atoms with Crippen LogP contribution in [0.3, 0.4) is 0 Å². The molecule has 2 nitrogen and oxygen atoms in total. The van der Waals surface area contributed by atoms with Gasteiger partial charge in [-0.2, -0.15) is 0 Å². The van der Waals surface area contributed by atoms with Crippen LogP contribution in [0.25, 0.3) is 11.1 Å². The summed E-state index contributed by atoms with van der Waals surface area (Å²) < 4.78 is 27.1. The summed E-state index contributed by atoms with van der Waals surface area (Å²) in [4.78, 5) is 13.3. The Morgan fingerprint density at radius 3 is 2.60 bits per heavy atom. The first-order chi connectivity index (χ1) is 12.0. The molecule has 1 atom stereocenters. The number of halogens is 3. The maximum absolute atomic E-state index is 13.5. The first-order valence-electron chi connectivity index (χ1n) is 7.65. The molecule has 4 rings (SSSR count). The third-order valence-corrected chi connectivity index (χ3v) is 5.99. The van der Waals surface area contributed by atoms with Crippen molar-refractivity contribution < 1.29 is 13.6 Å². The zero-order valence-corrected chi connectivity index (χ0v) is 15.3. The lowest BCUT2D eigenvalue weighted by Gasteiger charge is -2.24. The van der Waals surface area contributed by atoms with Gasteiger partial charge in [0.25, 0.3) is 0 Å². The number of carbonyl (C=O) groups is 1. The van der Waals surface area contributed by atoms with Crippen molar-refractivity contribution in [2.75, 3.05) is 5.32 Å². The van der Waals surface area contributed by atoms with Gasteiger partial charge in [0, 0.05) is 28.2 Å². The number of thiophene rings is 1. The van der Waals surface area contributed by atoms with Gasteiger partial charge >= 0.3 is 0 Å². The van der Waals surface area contributed by atoms with Crippen LogP contribution in [0.4, 0.5) is 14.5 Å². The fraction of sp³-hybridized carbons (Fsp3) is 0.105. The highest BCUT2D eigenvalue weighted by Gasteiger charge is 2.30. The first kappa shape index (κ1) is 16.4. The summed E-state index contributed by atoms with van der Waals surface area (Å²) in [5, 5.41) is 4.91. The fourth-order valence-corrected chi connectivity index (χ4v) is 4.62. The highest BCUT2D eigenvalue weighted by Crippen LogP contribution is 2.46. The summed E-state index contributed by atoms with van der Waals surface area (Å²) >= 11 is 4.76. The average Bonchev–Trinajstić information content (AvgIpc) is 3.01. The Labute approximate surface area is 155 Å². The summed E-state index contributed by atoms with van der Waals surface area (Å²) in [6.07, 6.45) is 0.314. The quantitative estimate of drug-likeness (QED) is 0.547. The fourth-order valence-electron chi connectivity index (χ4n) is 3.07. The first-order valence-corrected chi connectivity index (χ1v) is 9.32. The Balaban J connectivity index is 1.81. The van der Waals surface area contributed by atoms with Crippen LogP contribution in [0.15, 0.2) is 52.3 Å². The Hall–Kier alpha value is -2.05. The summed E-state index contributed by atoms with van der Waals surface area (Å²) in [5.41, 5.74) is 3.37. The highest BCUT2D eigenvalue weighted by molar-refractivity contribution is 9.10. The van der Waals surface area contributed by atoms with Gasteiger partial charge in [0.15, 0.2) is 0 Å². The molecule has 1 amide bonds. The second-order valence-corrected chi connectivity index (χ2v) is 7.64. The molecule has 2 heterocycles. The van der Waals surface area contributed by atoms with Gasteiger partial charge in [-0.3, -0.25) is 4.79 Å². The molecule has 0 aliphatic carbocycles. The van der Waals surface area contributed by atoms with Crippen LogP contribution >= 0.6 is 27.3 Å². The van der Waals surface area contributed by atoms with Gasteiger partial charge in [-0.25, -0.2) is 8.78 Å². The molecule has 1 aromatic heterocycles. The highest BCUT2D eigenvalue weighted by atomic mass is 79.9. The zero-order chi connectivity index (χ0) is 17.6. The number of fused-ring (bicyclic) bond motifs is 1. The zero-order valence-electron chi connectivity index (χ0n) is 12.9. The predicted octanol–water partition coefficient (Wildman–Crippen LogP) is 5.93. The summed E-state index contributed by atoms with van der Waals surface area (Å²) in [6.45, 7) is 0. The normalized spacial score (nSPS) is 16.4. The van der Waals surface area contributed by atoms with Crippen molar-refractivity contribution >= 4 is 38.9 Å². The molecule has 0 fully saturated rings. The lowest BCUT2D eigenvalue weighted by molar-refractivity contribution is -0.116. The Morgan fingerprint density at radius 2 is 1.88 bits per heavy atom. The molecule has 0 unspecified atom stereocenters. The van der Waals surface area contributed by atoms with E-state index in [9.17, 15) is 13.6 Å². The SMILES string of the molecule is O=C1C[C@@H](c2ccc(F)c(Br)c2)c2scc(-c3ccc(F)cc3)c2N1. The molecule has 0 radical (unpaired) electrons. The summed E-state index contributed by atoms with van der Waals surface area (Å²) in [7, 11) is 0. The Morgan fingerprint density at radius 1 is 1.12 bits per heavy atom. The maximum Gasteiger partial charge on any atom is 0.225 e. The molecule has 25 heavy (non-hydrogen) atoms. The monoisotopic (exact) mass is 419 g/mol. The van der Waals surface area contributed by atoms with Gasteiger partial charge in [0.05, 0.1) is 10.2 Å². The van der Waals surface area contributed by atoms with Crippen molar-refractivity contribution in [1.29, 1.82) is 0 Å². The molecule has 126 valence electrons. The molecule has 0 bridgehead atoms. The van der Waals surface area contributed by atoms with Crippen LogP contribution < -0.4 is 5.32 Å². The van der Waals surface area contributed by atoms with Gasteiger partial charge in [0.2, 0.25) is 5.91 Å². The van der Waals surface area contributed by atoms with Gasteiger partial charge in [-0.15, -0.1) is 11.3 Å². The molecule has 0 spiro atoms. The lowest BCUT2D eigenvalue weighted by atomic mass is 9.89. The number of nitrogens with one attached hydrogen (secondary N) is 1. The maximum atomic E-state index is 13.5. The van der Waals surface area contributed by atoms with Gasteiger partial charge in [-0.05, 0) is 51.3 Å². The van der Waals surface area contributed by atoms with Crippen LogP contribution in [-0.2, 0) is 4.79 Å². The molecule has 6 heteroatoms.